The number of carbonyl (C=O) groups is 3. The lowest BCUT2D eigenvalue weighted by Crippen LogP contribution is -2.40. The fourth-order valence-corrected chi connectivity index (χ4v) is 2.83. The Hall–Kier alpha value is -2.48. The van der Waals surface area contributed by atoms with E-state index in [1.54, 1.807) is 0 Å². The number of hydrogen-bond donors (Lipinski definition) is 1. The maximum atomic E-state index is 13.6. The van der Waals surface area contributed by atoms with Gasteiger partial charge in [-0.1, -0.05) is 0 Å². The standard InChI is InChI=1S/C17H20FNO6/c1-24-11-8-13(17(22)23)19(9-11)16(21)6-4-14(20)10-3-5-15(25-2)12(18)7-10/h3,5,7,11,13H,4,6,8-9H2,1-2H3,(H,22,23). The Balaban J connectivity index is 1.98. The molecule has 2 unspecified atom stereocenters. The second-order valence-electron chi connectivity index (χ2n) is 5.77. The molecule has 0 aromatic heterocycles. The summed E-state index contributed by atoms with van der Waals surface area (Å²) in [6.45, 7) is 0.178. The van der Waals surface area contributed by atoms with E-state index in [0.717, 1.165) is 6.07 Å². The minimum absolute atomic E-state index is 0.0274. The molecule has 2 atom stereocenters. The lowest BCUT2D eigenvalue weighted by atomic mass is 10.1. The van der Waals surface area contributed by atoms with Crippen LogP contribution in [0, 0.1) is 5.82 Å². The fourth-order valence-electron chi connectivity index (χ4n) is 2.83. The summed E-state index contributed by atoms with van der Waals surface area (Å²) in [5.74, 6) is -2.57. The van der Waals surface area contributed by atoms with Gasteiger partial charge in [-0.15, -0.1) is 0 Å². The topological polar surface area (TPSA) is 93.1 Å². The Labute approximate surface area is 144 Å². The fraction of sp³-hybridized carbons (Fsp3) is 0.471. The largest absolute Gasteiger partial charge is 0.494 e. The summed E-state index contributed by atoms with van der Waals surface area (Å²) in [6.07, 6.45) is -0.399. The highest BCUT2D eigenvalue weighted by atomic mass is 19.1. The van der Waals surface area contributed by atoms with E-state index in [0.29, 0.717) is 0 Å². The summed E-state index contributed by atoms with van der Waals surface area (Å²) < 4.78 is 23.6. The lowest BCUT2D eigenvalue weighted by molar-refractivity contribution is -0.148. The van der Waals surface area contributed by atoms with Crippen LogP contribution in [-0.4, -0.2) is 60.6 Å². The lowest BCUT2D eigenvalue weighted by Gasteiger charge is -2.21. The molecular weight excluding hydrogens is 333 g/mol. The van der Waals surface area contributed by atoms with Crippen molar-refractivity contribution < 1.29 is 33.4 Å². The third kappa shape index (κ3) is 4.33. The minimum atomic E-state index is -1.10. The number of hydrogen-bond acceptors (Lipinski definition) is 5. The zero-order chi connectivity index (χ0) is 18.6. The molecule has 1 aromatic rings. The molecule has 1 aliphatic heterocycles. The van der Waals surface area contributed by atoms with Gasteiger partial charge in [-0.2, -0.15) is 0 Å². The van der Waals surface area contributed by atoms with Crippen LogP contribution < -0.4 is 4.74 Å². The first-order valence-electron chi connectivity index (χ1n) is 7.79. The van der Waals surface area contributed by atoms with Gasteiger partial charge in [-0.05, 0) is 18.2 Å². The van der Waals surface area contributed by atoms with Crippen molar-refractivity contribution in [3.63, 3.8) is 0 Å². The normalized spacial score (nSPS) is 19.7. The summed E-state index contributed by atoms with van der Waals surface area (Å²) in [5.41, 5.74) is 0.136. The van der Waals surface area contributed by atoms with Crippen molar-refractivity contribution in [1.82, 2.24) is 4.90 Å². The summed E-state index contributed by atoms with van der Waals surface area (Å²) in [6, 6.07) is 2.87. The number of nitrogens with zero attached hydrogens (tertiary/aromatic N) is 1. The Kier molecular flexibility index (Phi) is 6.08. The predicted molar refractivity (Wildman–Crippen MR) is 85.1 cm³/mol. The van der Waals surface area contributed by atoms with Crippen molar-refractivity contribution in [2.24, 2.45) is 0 Å². The number of benzene rings is 1. The Morgan fingerprint density at radius 1 is 1.28 bits per heavy atom. The van der Waals surface area contributed by atoms with Crippen molar-refractivity contribution >= 4 is 17.7 Å². The van der Waals surface area contributed by atoms with E-state index >= 15 is 0 Å². The Bertz CT molecular complexity index is 677. The van der Waals surface area contributed by atoms with Crippen molar-refractivity contribution in [3.8, 4) is 5.75 Å². The van der Waals surface area contributed by atoms with Crippen molar-refractivity contribution in [3.05, 3.63) is 29.6 Å². The first-order valence-corrected chi connectivity index (χ1v) is 7.79. The third-order valence-electron chi connectivity index (χ3n) is 4.24. The molecule has 7 nitrogen and oxygen atoms in total. The van der Waals surface area contributed by atoms with Crippen LogP contribution in [0.5, 0.6) is 5.75 Å². The molecule has 1 saturated heterocycles. The van der Waals surface area contributed by atoms with E-state index in [1.165, 1.54) is 31.3 Å². The zero-order valence-corrected chi connectivity index (χ0v) is 14.0. The number of carboxylic acids is 1. The number of methoxy groups -OCH3 is 2. The molecule has 0 aliphatic carbocycles. The highest BCUT2D eigenvalue weighted by Crippen LogP contribution is 2.23. The Morgan fingerprint density at radius 2 is 2.00 bits per heavy atom. The Morgan fingerprint density at radius 3 is 2.56 bits per heavy atom. The number of Topliss-reactive ketones (excluding diaryl/α,β-unsaturated/α-hetero) is 1. The number of carbonyl (C=O) groups excluding carboxylic acids is 2. The molecule has 2 rings (SSSR count). The van der Waals surface area contributed by atoms with Gasteiger partial charge in [0.1, 0.15) is 6.04 Å². The summed E-state index contributed by atoms with van der Waals surface area (Å²) in [7, 11) is 2.78. The van der Waals surface area contributed by atoms with Gasteiger partial charge >= 0.3 is 5.97 Å². The second-order valence-corrected chi connectivity index (χ2v) is 5.77. The molecular formula is C17H20FNO6. The van der Waals surface area contributed by atoms with E-state index in [4.69, 9.17) is 9.47 Å². The third-order valence-corrected chi connectivity index (χ3v) is 4.24. The molecule has 1 aliphatic rings. The molecule has 0 saturated carbocycles. The quantitative estimate of drug-likeness (QED) is 0.747. The molecule has 136 valence electrons. The van der Waals surface area contributed by atoms with Gasteiger partial charge in [0.15, 0.2) is 17.3 Å². The molecule has 1 aromatic carbocycles. The van der Waals surface area contributed by atoms with Gasteiger partial charge in [0, 0.05) is 38.5 Å². The molecule has 0 radical (unpaired) electrons. The number of halogens is 1. The first-order chi connectivity index (χ1) is 11.9. The van der Waals surface area contributed by atoms with Crippen LogP contribution >= 0.6 is 0 Å². The van der Waals surface area contributed by atoms with E-state index < -0.39 is 29.5 Å². The molecule has 1 fully saturated rings. The SMILES string of the molecule is COc1ccc(C(=O)CCC(=O)N2CC(OC)CC2C(=O)O)cc1F. The highest BCUT2D eigenvalue weighted by molar-refractivity contribution is 5.98. The number of rotatable bonds is 7. The zero-order valence-electron chi connectivity index (χ0n) is 14.0. The molecule has 0 spiro atoms. The van der Waals surface area contributed by atoms with Crippen molar-refractivity contribution in [2.75, 3.05) is 20.8 Å². The maximum absolute atomic E-state index is 13.6. The van der Waals surface area contributed by atoms with Crippen molar-refractivity contribution in [1.29, 1.82) is 0 Å². The van der Waals surface area contributed by atoms with Crippen LogP contribution in [0.15, 0.2) is 18.2 Å². The van der Waals surface area contributed by atoms with Crippen LogP contribution in [0.1, 0.15) is 29.6 Å². The number of ketones is 1. The van der Waals surface area contributed by atoms with E-state index in [2.05, 4.69) is 0 Å². The summed E-state index contributed by atoms with van der Waals surface area (Å²) in [5, 5.41) is 9.21. The van der Waals surface area contributed by atoms with Crippen LogP contribution in [0.3, 0.4) is 0 Å². The smallest absolute Gasteiger partial charge is 0.326 e. The van der Waals surface area contributed by atoms with Gasteiger partial charge in [-0.25, -0.2) is 9.18 Å². The monoisotopic (exact) mass is 353 g/mol. The van der Waals surface area contributed by atoms with Crippen LogP contribution in [0.2, 0.25) is 0 Å². The number of ether oxygens (including phenoxy) is 2. The van der Waals surface area contributed by atoms with Gasteiger partial charge in [0.25, 0.3) is 0 Å². The molecule has 25 heavy (non-hydrogen) atoms. The number of amides is 1. The minimum Gasteiger partial charge on any atom is -0.494 e. The molecule has 0 bridgehead atoms. The summed E-state index contributed by atoms with van der Waals surface area (Å²) >= 11 is 0. The van der Waals surface area contributed by atoms with Crippen LogP contribution in [0.25, 0.3) is 0 Å². The molecule has 1 heterocycles. The van der Waals surface area contributed by atoms with Gasteiger partial charge in [0.05, 0.1) is 13.2 Å². The van der Waals surface area contributed by atoms with E-state index in [-0.39, 0.29) is 43.2 Å². The van der Waals surface area contributed by atoms with Gasteiger partial charge < -0.3 is 19.5 Å². The van der Waals surface area contributed by atoms with Crippen LogP contribution in [-0.2, 0) is 14.3 Å². The number of aliphatic carboxylic acids is 1. The highest BCUT2D eigenvalue weighted by Gasteiger charge is 2.39. The van der Waals surface area contributed by atoms with E-state index in [9.17, 15) is 23.9 Å². The summed E-state index contributed by atoms with van der Waals surface area (Å²) in [4.78, 5) is 36.9. The molecule has 8 heteroatoms. The molecule has 1 amide bonds. The first kappa shape index (κ1) is 18.9. The second kappa shape index (κ2) is 8.06. The average Bonchev–Trinajstić information content (AvgIpc) is 3.04. The van der Waals surface area contributed by atoms with E-state index in [1.807, 2.05) is 0 Å². The predicted octanol–water partition coefficient (Wildman–Crippen LogP) is 1.50. The van der Waals surface area contributed by atoms with Gasteiger partial charge in [0.2, 0.25) is 5.91 Å². The number of likely N-dealkylation sites (tertiary alicyclic amines) is 1. The number of carboxylic acid groups (broad SMARTS) is 1. The average molecular weight is 353 g/mol. The maximum Gasteiger partial charge on any atom is 0.326 e. The van der Waals surface area contributed by atoms with Gasteiger partial charge in [-0.3, -0.25) is 9.59 Å². The molecule has 1 N–H and O–H groups in total. The van der Waals surface area contributed by atoms with Crippen LogP contribution in [0.4, 0.5) is 4.39 Å². The van der Waals surface area contributed by atoms with Crippen molar-refractivity contribution in [2.45, 2.75) is 31.4 Å².